The van der Waals surface area contributed by atoms with Gasteiger partial charge in [-0.15, -0.1) is 0 Å². The Hall–Kier alpha value is -2.43. The van der Waals surface area contributed by atoms with E-state index in [4.69, 9.17) is 5.73 Å². The predicted molar refractivity (Wildman–Crippen MR) is 97.3 cm³/mol. The summed E-state index contributed by atoms with van der Waals surface area (Å²) in [5.41, 5.74) is 10.2. The third-order valence-electron chi connectivity index (χ3n) is 4.89. The number of aromatic nitrogens is 2. The van der Waals surface area contributed by atoms with Crippen molar-refractivity contribution in [3.05, 3.63) is 46.3 Å². The van der Waals surface area contributed by atoms with Crippen molar-refractivity contribution >= 4 is 11.7 Å². The van der Waals surface area contributed by atoms with E-state index < -0.39 is 5.91 Å². The van der Waals surface area contributed by atoms with E-state index in [2.05, 4.69) is 18.9 Å². The maximum absolute atomic E-state index is 12.6. The minimum Gasteiger partial charge on any atom is -0.366 e. The van der Waals surface area contributed by atoms with Gasteiger partial charge in [-0.05, 0) is 48.4 Å². The Morgan fingerprint density at radius 2 is 1.96 bits per heavy atom. The van der Waals surface area contributed by atoms with Crippen LogP contribution in [0.15, 0.2) is 18.2 Å². The molecule has 2 N–H and O–H groups in total. The molecule has 25 heavy (non-hydrogen) atoms. The fourth-order valence-corrected chi connectivity index (χ4v) is 3.74. The number of primary amides is 1. The van der Waals surface area contributed by atoms with Crippen molar-refractivity contribution in [2.75, 3.05) is 0 Å². The van der Waals surface area contributed by atoms with Crippen LogP contribution in [0.1, 0.15) is 77.7 Å². The van der Waals surface area contributed by atoms with Crippen molar-refractivity contribution in [2.45, 2.75) is 53.4 Å². The van der Waals surface area contributed by atoms with E-state index in [-0.39, 0.29) is 17.1 Å². The molecule has 0 saturated carbocycles. The number of fused-ring (bicyclic) bond motifs is 1. The SMILES string of the molecule is Cc1nn(-c2ccc(C(N)=O)c(C(C)C)c2)c2c1C(=O)CC(C)(C)C2. The molecule has 0 atom stereocenters. The van der Waals surface area contributed by atoms with E-state index in [0.717, 1.165) is 34.6 Å². The van der Waals surface area contributed by atoms with Crippen LogP contribution in [-0.4, -0.2) is 21.5 Å². The first-order valence-corrected chi connectivity index (χ1v) is 8.66. The van der Waals surface area contributed by atoms with E-state index in [0.29, 0.717) is 12.0 Å². The van der Waals surface area contributed by atoms with E-state index in [1.165, 1.54) is 0 Å². The number of hydrogen-bond donors (Lipinski definition) is 1. The van der Waals surface area contributed by atoms with Gasteiger partial charge >= 0.3 is 0 Å². The van der Waals surface area contributed by atoms with Gasteiger partial charge < -0.3 is 5.73 Å². The molecule has 3 rings (SSSR count). The largest absolute Gasteiger partial charge is 0.366 e. The van der Waals surface area contributed by atoms with Crippen molar-refractivity contribution in [3.63, 3.8) is 0 Å². The fraction of sp³-hybridized carbons (Fsp3) is 0.450. The topological polar surface area (TPSA) is 78.0 Å². The van der Waals surface area contributed by atoms with Gasteiger partial charge in [0.25, 0.3) is 0 Å². The van der Waals surface area contributed by atoms with Gasteiger partial charge in [-0.1, -0.05) is 27.7 Å². The third-order valence-corrected chi connectivity index (χ3v) is 4.89. The smallest absolute Gasteiger partial charge is 0.248 e. The van der Waals surface area contributed by atoms with Crippen molar-refractivity contribution in [1.29, 1.82) is 0 Å². The molecular formula is C20H25N3O2. The maximum Gasteiger partial charge on any atom is 0.248 e. The highest BCUT2D eigenvalue weighted by Crippen LogP contribution is 2.37. The Morgan fingerprint density at radius 3 is 2.56 bits per heavy atom. The number of benzene rings is 1. The van der Waals surface area contributed by atoms with E-state index in [1.807, 2.05) is 37.6 Å². The number of nitrogens with two attached hydrogens (primary N) is 1. The Bertz CT molecular complexity index is 875. The van der Waals surface area contributed by atoms with Gasteiger partial charge in [0.15, 0.2) is 5.78 Å². The Kier molecular flexibility index (Phi) is 4.06. The highest BCUT2D eigenvalue weighted by Gasteiger charge is 2.35. The summed E-state index contributed by atoms with van der Waals surface area (Å²) in [5, 5.41) is 4.63. The van der Waals surface area contributed by atoms with Crippen LogP contribution in [0, 0.1) is 12.3 Å². The van der Waals surface area contributed by atoms with E-state index in [1.54, 1.807) is 6.07 Å². The number of rotatable bonds is 3. The van der Waals surface area contributed by atoms with Gasteiger partial charge in [0.05, 0.1) is 22.6 Å². The maximum atomic E-state index is 12.6. The molecule has 1 aromatic heterocycles. The standard InChI is InChI=1S/C20H25N3O2/c1-11(2)15-8-13(6-7-14(15)19(21)25)23-16-9-20(4,5)10-17(24)18(16)12(3)22-23/h6-8,11H,9-10H2,1-5H3,(H2,21,25). The number of aryl methyl sites for hydroxylation is 1. The lowest BCUT2D eigenvalue weighted by Crippen LogP contribution is -2.28. The first-order valence-electron chi connectivity index (χ1n) is 8.66. The number of carbonyl (C=O) groups excluding carboxylic acids is 2. The van der Waals surface area contributed by atoms with E-state index >= 15 is 0 Å². The Morgan fingerprint density at radius 1 is 1.28 bits per heavy atom. The lowest BCUT2D eigenvalue weighted by molar-refractivity contribution is 0.0909. The quantitative estimate of drug-likeness (QED) is 0.928. The van der Waals surface area contributed by atoms with Crippen molar-refractivity contribution < 1.29 is 9.59 Å². The normalized spacial score (nSPS) is 16.2. The van der Waals surface area contributed by atoms with Gasteiger partial charge in [0, 0.05) is 12.0 Å². The second-order valence-corrected chi connectivity index (χ2v) is 8.05. The summed E-state index contributed by atoms with van der Waals surface area (Å²) >= 11 is 0. The minimum absolute atomic E-state index is 0.0810. The van der Waals surface area contributed by atoms with Crippen LogP contribution in [0.4, 0.5) is 0 Å². The number of nitrogens with zero attached hydrogens (tertiary/aromatic N) is 2. The second-order valence-electron chi connectivity index (χ2n) is 8.05. The zero-order valence-corrected chi connectivity index (χ0v) is 15.5. The summed E-state index contributed by atoms with van der Waals surface area (Å²) in [6, 6.07) is 5.57. The molecule has 2 aromatic rings. The zero-order chi connectivity index (χ0) is 18.5. The van der Waals surface area contributed by atoms with Crippen molar-refractivity contribution in [2.24, 2.45) is 11.1 Å². The molecule has 1 aromatic carbocycles. The number of hydrogen-bond acceptors (Lipinski definition) is 3. The van der Waals surface area contributed by atoms with Crippen molar-refractivity contribution in [1.82, 2.24) is 9.78 Å². The van der Waals surface area contributed by atoms with Crippen LogP contribution in [0.25, 0.3) is 5.69 Å². The fourth-order valence-electron chi connectivity index (χ4n) is 3.74. The average molecular weight is 339 g/mol. The van der Waals surface area contributed by atoms with Gasteiger partial charge in [-0.25, -0.2) is 4.68 Å². The number of amides is 1. The summed E-state index contributed by atoms with van der Waals surface area (Å²) in [6.07, 6.45) is 1.34. The van der Waals surface area contributed by atoms with Crippen LogP contribution < -0.4 is 5.73 Å². The first-order chi connectivity index (χ1) is 11.6. The molecule has 0 bridgehead atoms. The molecule has 5 heteroatoms. The van der Waals surface area contributed by atoms with E-state index in [9.17, 15) is 9.59 Å². The molecule has 0 aliphatic heterocycles. The second kappa shape index (κ2) is 5.83. The molecule has 0 radical (unpaired) electrons. The van der Waals surface area contributed by atoms with Crippen molar-refractivity contribution in [3.8, 4) is 5.69 Å². The lowest BCUT2D eigenvalue weighted by Gasteiger charge is -2.29. The summed E-state index contributed by atoms with van der Waals surface area (Å²) in [4.78, 5) is 24.3. The van der Waals surface area contributed by atoms with Gasteiger partial charge in [-0.3, -0.25) is 9.59 Å². The molecule has 1 amide bonds. The molecule has 1 aliphatic carbocycles. The predicted octanol–water partition coefficient (Wildman–Crippen LogP) is 3.56. The Labute approximate surface area is 148 Å². The zero-order valence-electron chi connectivity index (χ0n) is 15.5. The first kappa shape index (κ1) is 17.4. The minimum atomic E-state index is -0.426. The van der Waals surface area contributed by atoms with Crippen LogP contribution >= 0.6 is 0 Å². The summed E-state index contributed by atoms with van der Waals surface area (Å²) in [5.74, 6) is -0.105. The van der Waals surface area contributed by atoms with Crippen LogP contribution in [-0.2, 0) is 6.42 Å². The highest BCUT2D eigenvalue weighted by atomic mass is 16.1. The number of ketones is 1. The molecular weight excluding hydrogens is 314 g/mol. The molecule has 1 heterocycles. The summed E-state index contributed by atoms with van der Waals surface area (Å²) in [6.45, 7) is 10.2. The monoisotopic (exact) mass is 339 g/mol. The summed E-state index contributed by atoms with van der Waals surface area (Å²) < 4.78 is 1.86. The molecule has 0 saturated heterocycles. The molecule has 5 nitrogen and oxygen atoms in total. The van der Waals surface area contributed by atoms with Gasteiger partial charge in [0.1, 0.15) is 0 Å². The highest BCUT2D eigenvalue weighted by molar-refractivity contribution is 6.00. The molecule has 0 spiro atoms. The van der Waals surface area contributed by atoms with Crippen LogP contribution in [0.2, 0.25) is 0 Å². The number of carbonyl (C=O) groups is 2. The molecule has 0 unspecified atom stereocenters. The lowest BCUT2D eigenvalue weighted by atomic mass is 9.75. The Balaban J connectivity index is 2.19. The molecule has 132 valence electrons. The average Bonchev–Trinajstić information content (AvgIpc) is 2.81. The van der Waals surface area contributed by atoms with Gasteiger partial charge in [0.2, 0.25) is 5.91 Å². The molecule has 0 fully saturated rings. The third kappa shape index (κ3) is 2.99. The van der Waals surface area contributed by atoms with Crippen LogP contribution in [0.5, 0.6) is 0 Å². The van der Waals surface area contributed by atoms with Gasteiger partial charge in [-0.2, -0.15) is 5.10 Å². The molecule has 1 aliphatic rings. The summed E-state index contributed by atoms with van der Waals surface area (Å²) in [7, 11) is 0. The number of Topliss-reactive ketones (excluding diaryl/α,β-unsaturated/α-hetero) is 1. The van der Waals surface area contributed by atoms with Crippen LogP contribution in [0.3, 0.4) is 0 Å².